The van der Waals surface area contributed by atoms with Gasteiger partial charge in [0.1, 0.15) is 0 Å². The minimum Gasteiger partial charge on any atom is -0.476 e. The topological polar surface area (TPSA) is 39.5 Å². The standard InChI is InChI=1S/C23H28ClN3O2/c1-28-17-20-6-4-13-26(20)14-5-15-29-23-21-7-2-3-8-22(21)27(25-23)16-18-9-11-19(24)12-10-18/h2-3,7-12,20H,4-6,13-17H2,1H3. The van der Waals surface area contributed by atoms with E-state index < -0.39 is 0 Å². The molecule has 3 aromatic rings. The molecule has 0 saturated carbocycles. The van der Waals surface area contributed by atoms with Gasteiger partial charge in [-0.3, -0.25) is 9.58 Å². The number of rotatable bonds is 9. The lowest BCUT2D eigenvalue weighted by molar-refractivity contribution is 0.111. The molecule has 1 unspecified atom stereocenters. The van der Waals surface area contributed by atoms with Crippen molar-refractivity contribution in [2.24, 2.45) is 0 Å². The second kappa shape index (κ2) is 9.61. The highest BCUT2D eigenvalue weighted by molar-refractivity contribution is 6.30. The van der Waals surface area contributed by atoms with E-state index in [1.165, 1.54) is 12.8 Å². The van der Waals surface area contributed by atoms with E-state index >= 15 is 0 Å². The first-order valence-corrected chi connectivity index (χ1v) is 10.7. The molecule has 0 aliphatic carbocycles. The molecule has 1 aromatic heterocycles. The van der Waals surface area contributed by atoms with E-state index in [0.717, 1.165) is 47.6 Å². The van der Waals surface area contributed by atoms with Crippen molar-refractivity contribution >= 4 is 22.5 Å². The van der Waals surface area contributed by atoms with Crippen LogP contribution in [0, 0.1) is 0 Å². The Balaban J connectivity index is 1.39. The smallest absolute Gasteiger partial charge is 0.240 e. The number of benzene rings is 2. The summed E-state index contributed by atoms with van der Waals surface area (Å²) in [6.07, 6.45) is 3.47. The van der Waals surface area contributed by atoms with Crippen molar-refractivity contribution in [2.45, 2.75) is 31.8 Å². The first-order chi connectivity index (χ1) is 14.2. The lowest BCUT2D eigenvalue weighted by Crippen LogP contribution is -2.34. The number of hydrogen-bond donors (Lipinski definition) is 0. The number of hydrogen-bond acceptors (Lipinski definition) is 4. The predicted octanol–water partition coefficient (Wildman–Crippen LogP) is 4.62. The molecule has 154 valence electrons. The number of likely N-dealkylation sites (tertiary alicyclic amines) is 1. The number of methoxy groups -OCH3 is 1. The van der Waals surface area contributed by atoms with Crippen molar-refractivity contribution in [2.75, 3.05) is 33.4 Å². The van der Waals surface area contributed by atoms with Crippen LogP contribution in [-0.2, 0) is 11.3 Å². The van der Waals surface area contributed by atoms with Crippen molar-refractivity contribution in [3.63, 3.8) is 0 Å². The van der Waals surface area contributed by atoms with Crippen molar-refractivity contribution in [3.05, 3.63) is 59.1 Å². The van der Waals surface area contributed by atoms with E-state index in [2.05, 4.69) is 17.0 Å². The molecule has 0 spiro atoms. The summed E-state index contributed by atoms with van der Waals surface area (Å²) in [6.45, 7) is 4.37. The molecule has 1 aliphatic heterocycles. The maximum Gasteiger partial charge on any atom is 0.240 e. The zero-order valence-electron chi connectivity index (χ0n) is 16.9. The number of fused-ring (bicyclic) bond motifs is 1. The molecule has 0 bridgehead atoms. The summed E-state index contributed by atoms with van der Waals surface area (Å²) in [7, 11) is 1.78. The normalized spacial score (nSPS) is 17.2. The molecule has 6 heteroatoms. The van der Waals surface area contributed by atoms with Crippen LogP contribution in [0.4, 0.5) is 0 Å². The van der Waals surface area contributed by atoms with Crippen molar-refractivity contribution in [1.29, 1.82) is 0 Å². The van der Waals surface area contributed by atoms with Crippen LogP contribution >= 0.6 is 11.6 Å². The third-order valence-corrected chi connectivity index (χ3v) is 5.81. The lowest BCUT2D eigenvalue weighted by atomic mass is 10.2. The molecule has 0 radical (unpaired) electrons. The lowest BCUT2D eigenvalue weighted by Gasteiger charge is -2.23. The Labute approximate surface area is 177 Å². The van der Waals surface area contributed by atoms with Gasteiger partial charge in [0.25, 0.3) is 0 Å². The Bertz CT molecular complexity index is 926. The average Bonchev–Trinajstić information content (AvgIpc) is 3.32. The van der Waals surface area contributed by atoms with Gasteiger partial charge in [0.2, 0.25) is 5.88 Å². The van der Waals surface area contributed by atoms with Gasteiger partial charge in [0.15, 0.2) is 0 Å². The molecule has 1 atom stereocenters. The van der Waals surface area contributed by atoms with Gasteiger partial charge in [-0.2, -0.15) is 0 Å². The van der Waals surface area contributed by atoms with Gasteiger partial charge in [-0.05, 0) is 55.6 Å². The fourth-order valence-electron chi connectivity index (χ4n) is 4.09. The van der Waals surface area contributed by atoms with Crippen LogP contribution in [0.15, 0.2) is 48.5 Å². The van der Waals surface area contributed by atoms with Crippen molar-refractivity contribution < 1.29 is 9.47 Å². The molecule has 0 N–H and O–H groups in total. The Morgan fingerprint density at radius 1 is 1.14 bits per heavy atom. The number of aromatic nitrogens is 2. The van der Waals surface area contributed by atoms with Crippen LogP contribution < -0.4 is 4.74 Å². The van der Waals surface area contributed by atoms with Crippen molar-refractivity contribution in [1.82, 2.24) is 14.7 Å². The molecule has 4 rings (SSSR count). The van der Waals surface area contributed by atoms with Gasteiger partial charge in [-0.25, -0.2) is 0 Å². The molecular formula is C23H28ClN3O2. The number of nitrogens with zero attached hydrogens (tertiary/aromatic N) is 3. The van der Waals surface area contributed by atoms with E-state index in [1.807, 2.05) is 41.1 Å². The predicted molar refractivity (Wildman–Crippen MR) is 117 cm³/mol. The van der Waals surface area contributed by atoms with E-state index in [4.69, 9.17) is 26.2 Å². The second-order valence-corrected chi connectivity index (χ2v) is 8.03. The van der Waals surface area contributed by atoms with Gasteiger partial charge in [0.05, 0.1) is 30.7 Å². The van der Waals surface area contributed by atoms with Gasteiger partial charge < -0.3 is 9.47 Å². The summed E-state index contributed by atoms with van der Waals surface area (Å²) in [5.41, 5.74) is 2.24. The van der Waals surface area contributed by atoms with E-state index in [0.29, 0.717) is 25.1 Å². The number of halogens is 1. The Morgan fingerprint density at radius 2 is 1.97 bits per heavy atom. The highest BCUT2D eigenvalue weighted by Gasteiger charge is 2.23. The summed E-state index contributed by atoms with van der Waals surface area (Å²) in [6, 6.07) is 16.7. The van der Waals surface area contributed by atoms with Crippen LogP contribution in [0.3, 0.4) is 0 Å². The zero-order chi connectivity index (χ0) is 20.1. The Kier molecular flexibility index (Phi) is 6.70. The molecule has 5 nitrogen and oxygen atoms in total. The van der Waals surface area contributed by atoms with Crippen molar-refractivity contribution in [3.8, 4) is 5.88 Å². The molecule has 2 aromatic carbocycles. The minimum atomic E-state index is 0.555. The second-order valence-electron chi connectivity index (χ2n) is 7.60. The fraction of sp³-hybridized carbons (Fsp3) is 0.435. The molecule has 1 fully saturated rings. The summed E-state index contributed by atoms with van der Waals surface area (Å²) in [4.78, 5) is 2.52. The van der Waals surface area contributed by atoms with Gasteiger partial charge in [-0.1, -0.05) is 35.9 Å². The summed E-state index contributed by atoms with van der Waals surface area (Å²) in [5.74, 6) is 0.712. The number of para-hydroxylation sites is 1. The van der Waals surface area contributed by atoms with Crippen LogP contribution in [0.5, 0.6) is 5.88 Å². The third kappa shape index (κ3) is 4.92. The van der Waals surface area contributed by atoms with Crippen LogP contribution in [0.25, 0.3) is 10.9 Å². The van der Waals surface area contributed by atoms with Gasteiger partial charge in [0, 0.05) is 24.7 Å². The largest absolute Gasteiger partial charge is 0.476 e. The summed E-state index contributed by atoms with van der Waals surface area (Å²) in [5, 5.41) is 6.55. The maximum atomic E-state index is 6.10. The monoisotopic (exact) mass is 413 g/mol. The average molecular weight is 414 g/mol. The van der Waals surface area contributed by atoms with Crippen LogP contribution in [0.1, 0.15) is 24.8 Å². The molecule has 1 aliphatic rings. The van der Waals surface area contributed by atoms with E-state index in [1.54, 1.807) is 7.11 Å². The Hall–Kier alpha value is -2.08. The first kappa shape index (κ1) is 20.2. The molecule has 1 saturated heterocycles. The highest BCUT2D eigenvalue weighted by Crippen LogP contribution is 2.26. The van der Waals surface area contributed by atoms with Crippen LogP contribution in [-0.4, -0.2) is 54.1 Å². The van der Waals surface area contributed by atoms with Crippen LogP contribution in [0.2, 0.25) is 5.02 Å². The van der Waals surface area contributed by atoms with Gasteiger partial charge >= 0.3 is 0 Å². The Morgan fingerprint density at radius 3 is 2.79 bits per heavy atom. The minimum absolute atomic E-state index is 0.555. The van der Waals surface area contributed by atoms with Gasteiger partial charge in [-0.15, -0.1) is 5.10 Å². The molecule has 0 amide bonds. The third-order valence-electron chi connectivity index (χ3n) is 5.56. The zero-order valence-corrected chi connectivity index (χ0v) is 17.6. The molecule has 29 heavy (non-hydrogen) atoms. The fourth-order valence-corrected chi connectivity index (χ4v) is 4.22. The SMILES string of the molecule is COCC1CCCN1CCCOc1nn(Cc2ccc(Cl)cc2)c2ccccc12. The summed E-state index contributed by atoms with van der Waals surface area (Å²) >= 11 is 6.01. The highest BCUT2D eigenvalue weighted by atomic mass is 35.5. The molecular weight excluding hydrogens is 386 g/mol. The first-order valence-electron chi connectivity index (χ1n) is 10.3. The maximum absolute atomic E-state index is 6.10. The summed E-state index contributed by atoms with van der Waals surface area (Å²) < 4.78 is 13.4. The molecule has 2 heterocycles. The number of ether oxygens (including phenoxy) is 2. The van der Waals surface area contributed by atoms with E-state index in [-0.39, 0.29) is 0 Å². The quantitative estimate of drug-likeness (QED) is 0.480. The van der Waals surface area contributed by atoms with E-state index in [9.17, 15) is 0 Å².